The number of hydrogen-bond donors (Lipinski definition) is 0. The van der Waals surface area contributed by atoms with E-state index in [0.717, 1.165) is 30.7 Å². The van der Waals surface area contributed by atoms with Crippen molar-refractivity contribution in [2.24, 2.45) is 0 Å². The Morgan fingerprint density at radius 1 is 0.600 bits per heavy atom. The molecule has 0 saturated heterocycles. The molecule has 35 heavy (non-hydrogen) atoms. The van der Waals surface area contributed by atoms with E-state index in [1.165, 1.54) is 54.2 Å². The molecule has 0 aliphatic rings. The molecule has 0 aliphatic carbocycles. The summed E-state index contributed by atoms with van der Waals surface area (Å²) < 4.78 is 2.50. The largest absolute Gasteiger partial charge is 0.323 e. The molecular formula is C33H26N2. The molecule has 7 rings (SSSR count). The lowest BCUT2D eigenvalue weighted by molar-refractivity contribution is 0.652. The fraction of sp³-hybridized carbons (Fsp3) is 0.121. The first-order valence-electron chi connectivity index (χ1n) is 12.6. The maximum Gasteiger partial charge on any atom is 0.142 e. The van der Waals surface area contributed by atoms with Crippen molar-refractivity contribution in [1.29, 1.82) is 0 Å². The minimum Gasteiger partial charge on any atom is -0.323 e. The summed E-state index contributed by atoms with van der Waals surface area (Å²) in [7, 11) is 0. The molecule has 1 aromatic heterocycles. The lowest BCUT2D eigenvalue weighted by atomic mass is 9.96. The van der Waals surface area contributed by atoms with Crippen LogP contribution in [0.2, 0.25) is 0 Å². The maximum atomic E-state index is 5.48. The second-order valence-electron chi connectivity index (χ2n) is 9.42. The molecule has 0 aliphatic heterocycles. The lowest BCUT2D eigenvalue weighted by Gasteiger charge is -2.15. The van der Waals surface area contributed by atoms with Gasteiger partial charge in [0.25, 0.3) is 0 Å². The van der Waals surface area contributed by atoms with E-state index in [9.17, 15) is 0 Å². The Morgan fingerprint density at radius 3 is 1.74 bits per heavy atom. The Bertz CT molecular complexity index is 1840. The fourth-order valence-electron chi connectivity index (χ4n) is 5.74. The van der Waals surface area contributed by atoms with E-state index in [0.29, 0.717) is 0 Å². The third-order valence-electron chi connectivity index (χ3n) is 7.35. The number of benzene rings is 6. The highest BCUT2D eigenvalue weighted by Crippen LogP contribution is 2.41. The number of nitrogens with zero attached hydrogens (tertiary/aromatic N) is 2. The van der Waals surface area contributed by atoms with Gasteiger partial charge in [0, 0.05) is 22.9 Å². The Kier molecular flexibility index (Phi) is 4.60. The van der Waals surface area contributed by atoms with E-state index in [-0.39, 0.29) is 0 Å². The number of rotatable bonds is 4. The van der Waals surface area contributed by atoms with Crippen molar-refractivity contribution in [2.45, 2.75) is 26.3 Å². The summed E-state index contributed by atoms with van der Waals surface area (Å²) in [5, 5.41) is 10.1. The van der Waals surface area contributed by atoms with Gasteiger partial charge < -0.3 is 4.57 Å². The van der Waals surface area contributed by atoms with Gasteiger partial charge in [-0.15, -0.1) is 0 Å². The predicted octanol–water partition coefficient (Wildman–Crippen LogP) is 9.12. The van der Waals surface area contributed by atoms with Crippen LogP contribution in [-0.4, -0.2) is 9.55 Å². The third kappa shape index (κ3) is 2.99. The van der Waals surface area contributed by atoms with Crippen molar-refractivity contribution in [2.75, 3.05) is 0 Å². The van der Waals surface area contributed by atoms with Crippen LogP contribution in [0.3, 0.4) is 0 Å². The van der Waals surface area contributed by atoms with E-state index in [1.807, 2.05) is 0 Å². The van der Waals surface area contributed by atoms with Crippen molar-refractivity contribution in [3.8, 4) is 11.4 Å². The van der Waals surface area contributed by atoms with Crippen molar-refractivity contribution in [3.05, 3.63) is 103 Å². The fourth-order valence-corrected chi connectivity index (χ4v) is 5.74. The van der Waals surface area contributed by atoms with Crippen LogP contribution < -0.4 is 0 Å². The van der Waals surface area contributed by atoms with Crippen LogP contribution in [0, 0.1) is 0 Å². The maximum absolute atomic E-state index is 5.48. The van der Waals surface area contributed by atoms with Gasteiger partial charge in [-0.1, -0.05) is 110 Å². The summed E-state index contributed by atoms with van der Waals surface area (Å²) in [5.74, 6) is 1.07. The van der Waals surface area contributed by atoms with E-state index >= 15 is 0 Å². The minimum absolute atomic E-state index is 0.947. The number of hydrogen-bond acceptors (Lipinski definition) is 1. The van der Waals surface area contributed by atoms with Gasteiger partial charge in [-0.25, -0.2) is 4.98 Å². The summed E-state index contributed by atoms with van der Waals surface area (Å²) in [5.41, 5.74) is 3.58. The topological polar surface area (TPSA) is 17.8 Å². The van der Waals surface area contributed by atoms with Crippen molar-refractivity contribution in [1.82, 2.24) is 9.55 Å². The molecule has 2 heteroatoms. The van der Waals surface area contributed by atoms with Crippen LogP contribution in [0.5, 0.6) is 0 Å². The van der Waals surface area contributed by atoms with Crippen LogP contribution in [0.25, 0.3) is 65.5 Å². The summed E-state index contributed by atoms with van der Waals surface area (Å²) in [6.07, 6.45) is 2.25. The highest BCUT2D eigenvalue weighted by molar-refractivity contribution is 6.24. The first-order chi connectivity index (χ1) is 17.3. The first kappa shape index (κ1) is 20.2. The van der Waals surface area contributed by atoms with Crippen molar-refractivity contribution in [3.63, 3.8) is 0 Å². The number of unbranched alkanes of at least 4 members (excludes halogenated alkanes) is 1. The average molecular weight is 451 g/mol. The van der Waals surface area contributed by atoms with E-state index in [2.05, 4.69) is 115 Å². The molecule has 0 N–H and O–H groups in total. The second kappa shape index (κ2) is 7.95. The number of aromatic nitrogens is 2. The molecular weight excluding hydrogens is 424 g/mol. The quantitative estimate of drug-likeness (QED) is 0.193. The van der Waals surface area contributed by atoms with Gasteiger partial charge >= 0.3 is 0 Å². The number of imidazole rings is 1. The normalized spacial score (nSPS) is 11.9. The van der Waals surface area contributed by atoms with E-state index < -0.39 is 0 Å². The van der Waals surface area contributed by atoms with Crippen molar-refractivity contribution >= 4 is 54.1 Å². The minimum atomic E-state index is 0.947. The highest BCUT2D eigenvalue weighted by Gasteiger charge is 2.21. The SMILES string of the molecule is CCCCn1c(-c2c3ccccc3cc3ccccc23)nc2c3ccccc3c3ccccc3c21. The van der Waals surface area contributed by atoms with Gasteiger partial charge in [0.1, 0.15) is 5.82 Å². The van der Waals surface area contributed by atoms with Gasteiger partial charge in [0.05, 0.1) is 11.0 Å². The molecule has 2 nitrogen and oxygen atoms in total. The highest BCUT2D eigenvalue weighted by atomic mass is 15.1. The monoisotopic (exact) mass is 450 g/mol. The number of fused-ring (bicyclic) bond motifs is 8. The molecule has 168 valence electrons. The van der Waals surface area contributed by atoms with Crippen molar-refractivity contribution < 1.29 is 0 Å². The summed E-state index contributed by atoms with van der Waals surface area (Å²) in [6.45, 7) is 3.21. The molecule has 0 unspecified atom stereocenters. The van der Waals surface area contributed by atoms with E-state index in [4.69, 9.17) is 4.98 Å². The molecule has 0 amide bonds. The Hall–Kier alpha value is -4.17. The lowest BCUT2D eigenvalue weighted by Crippen LogP contribution is -2.02. The van der Waals surface area contributed by atoms with Gasteiger partial charge in [-0.2, -0.15) is 0 Å². The molecule has 0 spiro atoms. The smallest absolute Gasteiger partial charge is 0.142 e. The van der Waals surface area contributed by atoms with Crippen LogP contribution in [0.1, 0.15) is 19.8 Å². The molecule has 0 bridgehead atoms. The van der Waals surface area contributed by atoms with Crippen LogP contribution in [-0.2, 0) is 6.54 Å². The Morgan fingerprint density at radius 2 is 1.11 bits per heavy atom. The molecule has 6 aromatic carbocycles. The second-order valence-corrected chi connectivity index (χ2v) is 9.42. The predicted molar refractivity (Wildman–Crippen MR) is 150 cm³/mol. The van der Waals surface area contributed by atoms with Gasteiger partial charge in [-0.3, -0.25) is 0 Å². The summed E-state index contributed by atoms with van der Waals surface area (Å²) in [6, 6.07) is 37.3. The molecule has 0 fully saturated rings. The van der Waals surface area contributed by atoms with E-state index in [1.54, 1.807) is 0 Å². The molecule has 0 radical (unpaired) electrons. The average Bonchev–Trinajstić information content (AvgIpc) is 3.30. The molecule has 7 aromatic rings. The summed E-state index contributed by atoms with van der Waals surface area (Å²) in [4.78, 5) is 5.48. The first-order valence-corrected chi connectivity index (χ1v) is 12.6. The van der Waals surface area contributed by atoms with Crippen LogP contribution in [0.4, 0.5) is 0 Å². The standard InChI is InChI=1S/C33H26N2/c1-2-3-20-35-32-29-19-11-9-17-27(29)26-16-8-10-18-28(26)31(32)34-33(35)30-24-14-6-4-12-22(24)21-23-13-5-7-15-25(23)30/h4-19,21H,2-3,20H2,1H3. The molecule has 0 atom stereocenters. The zero-order valence-corrected chi connectivity index (χ0v) is 19.8. The van der Waals surface area contributed by atoms with Gasteiger partial charge in [0.15, 0.2) is 0 Å². The van der Waals surface area contributed by atoms with Crippen LogP contribution in [0.15, 0.2) is 103 Å². The summed E-state index contributed by atoms with van der Waals surface area (Å²) >= 11 is 0. The van der Waals surface area contributed by atoms with Gasteiger partial charge in [0.2, 0.25) is 0 Å². The molecule has 1 heterocycles. The zero-order chi connectivity index (χ0) is 23.4. The van der Waals surface area contributed by atoms with Gasteiger partial charge in [-0.05, 0) is 44.8 Å². The Balaban J connectivity index is 1.72. The number of aryl methyl sites for hydroxylation is 1. The Labute approximate surface area is 204 Å². The zero-order valence-electron chi connectivity index (χ0n) is 19.8. The third-order valence-corrected chi connectivity index (χ3v) is 7.35. The van der Waals surface area contributed by atoms with Crippen LogP contribution >= 0.6 is 0 Å². The molecule has 0 saturated carbocycles.